The molecule has 5 nitrogen and oxygen atoms in total. The molecule has 0 aliphatic rings. The number of nitrogens with zero attached hydrogens (tertiary/aromatic N) is 2. The van der Waals surface area contributed by atoms with Gasteiger partial charge in [0.05, 0.1) is 15.1 Å². The Balaban J connectivity index is 1.89. The van der Waals surface area contributed by atoms with Crippen LogP contribution in [-0.4, -0.2) is 24.7 Å². The molecule has 1 heterocycles. The first-order valence-corrected chi connectivity index (χ1v) is 10.4. The van der Waals surface area contributed by atoms with E-state index in [9.17, 15) is 8.42 Å². The zero-order valence-corrected chi connectivity index (χ0v) is 16.7. The number of aromatic nitrogens is 2. The topological polar surface area (TPSA) is 64.0 Å². The van der Waals surface area contributed by atoms with E-state index >= 15 is 0 Å². The molecule has 0 aliphatic heterocycles. The minimum atomic E-state index is -3.45. The van der Waals surface area contributed by atoms with E-state index in [4.69, 9.17) is 0 Å². The highest BCUT2D eigenvalue weighted by molar-refractivity contribution is 9.10. The molecule has 0 bridgehead atoms. The molecule has 0 spiro atoms. The highest BCUT2D eigenvalue weighted by Crippen LogP contribution is 2.19. The Morgan fingerprint density at radius 2 is 1.88 bits per heavy atom. The van der Waals surface area contributed by atoms with E-state index in [1.54, 1.807) is 12.1 Å². The Morgan fingerprint density at radius 3 is 2.42 bits per heavy atom. The van der Waals surface area contributed by atoms with Gasteiger partial charge in [0.25, 0.3) is 0 Å². The van der Waals surface area contributed by atoms with Crippen LogP contribution in [0.3, 0.4) is 0 Å². The second-order valence-electron chi connectivity index (χ2n) is 5.85. The Bertz CT molecular complexity index is 783. The summed E-state index contributed by atoms with van der Waals surface area (Å²) in [4.78, 5) is 0.316. The summed E-state index contributed by atoms with van der Waals surface area (Å²) in [6, 6.07) is 7.10. The number of hydrogen-bond acceptors (Lipinski definition) is 3. The molecule has 0 fully saturated rings. The van der Waals surface area contributed by atoms with Crippen LogP contribution in [0.5, 0.6) is 0 Å². The summed E-state index contributed by atoms with van der Waals surface area (Å²) < 4.78 is 30.2. The molecule has 24 heavy (non-hydrogen) atoms. The van der Waals surface area contributed by atoms with Gasteiger partial charge in [0.1, 0.15) is 0 Å². The van der Waals surface area contributed by atoms with Gasteiger partial charge in [-0.1, -0.05) is 25.5 Å². The van der Waals surface area contributed by atoms with E-state index in [1.165, 1.54) is 0 Å². The molecule has 1 aromatic heterocycles. The fraction of sp³-hybridized carbons (Fsp3) is 0.471. The van der Waals surface area contributed by atoms with E-state index in [0.29, 0.717) is 24.4 Å². The van der Waals surface area contributed by atoms with Crippen molar-refractivity contribution in [2.24, 2.45) is 0 Å². The van der Waals surface area contributed by atoms with Crippen molar-refractivity contribution in [3.63, 3.8) is 0 Å². The van der Waals surface area contributed by atoms with Crippen molar-refractivity contribution in [2.75, 3.05) is 6.54 Å². The molecule has 0 saturated heterocycles. The highest BCUT2D eigenvalue weighted by Gasteiger charge is 2.13. The zero-order chi connectivity index (χ0) is 17.7. The number of nitrogens with one attached hydrogen (secondary N) is 1. The molecule has 0 saturated carbocycles. The maximum atomic E-state index is 12.3. The van der Waals surface area contributed by atoms with E-state index in [1.807, 2.05) is 30.7 Å². The SMILES string of the molecule is CCCc1ccc(S(=O)(=O)NCCCn2nc(C)c(Br)c2C)cc1. The average molecular weight is 414 g/mol. The summed E-state index contributed by atoms with van der Waals surface area (Å²) in [5, 5.41) is 4.42. The van der Waals surface area contributed by atoms with Gasteiger partial charge in [-0.25, -0.2) is 13.1 Å². The third-order valence-electron chi connectivity index (χ3n) is 3.90. The van der Waals surface area contributed by atoms with Crippen molar-refractivity contribution in [1.29, 1.82) is 0 Å². The molecule has 1 aromatic carbocycles. The van der Waals surface area contributed by atoms with Crippen LogP contribution in [0.4, 0.5) is 0 Å². The Kier molecular flexibility index (Phi) is 6.60. The van der Waals surface area contributed by atoms with Gasteiger partial charge in [0.15, 0.2) is 0 Å². The van der Waals surface area contributed by atoms with Crippen molar-refractivity contribution in [1.82, 2.24) is 14.5 Å². The monoisotopic (exact) mass is 413 g/mol. The van der Waals surface area contributed by atoms with Crippen LogP contribution in [0.1, 0.15) is 36.7 Å². The third kappa shape index (κ3) is 4.68. The predicted molar refractivity (Wildman–Crippen MR) is 99.6 cm³/mol. The first-order chi connectivity index (χ1) is 11.3. The fourth-order valence-corrected chi connectivity index (χ4v) is 3.89. The van der Waals surface area contributed by atoms with Crippen LogP contribution >= 0.6 is 15.9 Å². The molecule has 0 unspecified atom stereocenters. The second-order valence-corrected chi connectivity index (χ2v) is 8.41. The summed E-state index contributed by atoms with van der Waals surface area (Å²) in [6.45, 7) is 7.10. The van der Waals surface area contributed by atoms with Crippen molar-refractivity contribution in [3.8, 4) is 0 Å². The lowest BCUT2D eigenvalue weighted by Crippen LogP contribution is -2.25. The van der Waals surface area contributed by atoms with Crippen molar-refractivity contribution < 1.29 is 8.42 Å². The van der Waals surface area contributed by atoms with E-state index in [2.05, 4.69) is 32.7 Å². The van der Waals surface area contributed by atoms with Gasteiger partial charge >= 0.3 is 0 Å². The Labute approximate surface area is 152 Å². The first kappa shape index (κ1) is 19.1. The number of aryl methyl sites for hydroxylation is 3. The van der Waals surface area contributed by atoms with E-state index in [0.717, 1.165) is 34.3 Å². The Morgan fingerprint density at radius 1 is 1.21 bits per heavy atom. The predicted octanol–water partition coefficient (Wildman–Crippen LogP) is 3.58. The molecular formula is C17H24BrN3O2S. The van der Waals surface area contributed by atoms with Crippen LogP contribution < -0.4 is 4.72 Å². The molecule has 1 N–H and O–H groups in total. The van der Waals surface area contributed by atoms with Gasteiger partial charge in [-0.3, -0.25) is 4.68 Å². The maximum absolute atomic E-state index is 12.3. The molecule has 2 aromatic rings. The molecule has 132 valence electrons. The van der Waals surface area contributed by atoms with Crippen LogP contribution in [0.25, 0.3) is 0 Å². The number of sulfonamides is 1. The molecule has 0 aliphatic carbocycles. The van der Waals surface area contributed by atoms with Crippen LogP contribution in [0, 0.1) is 13.8 Å². The number of benzene rings is 1. The highest BCUT2D eigenvalue weighted by atomic mass is 79.9. The summed E-state index contributed by atoms with van der Waals surface area (Å²) >= 11 is 3.49. The zero-order valence-electron chi connectivity index (χ0n) is 14.3. The summed E-state index contributed by atoms with van der Waals surface area (Å²) in [5.41, 5.74) is 3.16. The minimum Gasteiger partial charge on any atom is -0.268 e. The smallest absolute Gasteiger partial charge is 0.240 e. The van der Waals surface area contributed by atoms with Gasteiger partial charge in [0, 0.05) is 18.8 Å². The lowest BCUT2D eigenvalue weighted by molar-refractivity contribution is 0.544. The van der Waals surface area contributed by atoms with Gasteiger partial charge < -0.3 is 0 Å². The number of halogens is 1. The second kappa shape index (κ2) is 8.27. The average Bonchev–Trinajstić information content (AvgIpc) is 2.80. The van der Waals surface area contributed by atoms with E-state index < -0.39 is 10.0 Å². The van der Waals surface area contributed by atoms with Gasteiger partial charge in [-0.05, 0) is 60.3 Å². The molecule has 7 heteroatoms. The normalized spacial score (nSPS) is 11.8. The molecule has 2 rings (SSSR count). The summed E-state index contributed by atoms with van der Waals surface area (Å²) in [7, 11) is -3.45. The maximum Gasteiger partial charge on any atom is 0.240 e. The number of rotatable bonds is 8. The van der Waals surface area contributed by atoms with Gasteiger partial charge in [-0.15, -0.1) is 0 Å². The molecular weight excluding hydrogens is 390 g/mol. The first-order valence-electron chi connectivity index (χ1n) is 8.13. The van der Waals surface area contributed by atoms with Crippen LogP contribution in [0.15, 0.2) is 33.6 Å². The fourth-order valence-electron chi connectivity index (χ4n) is 2.54. The minimum absolute atomic E-state index is 0.316. The largest absolute Gasteiger partial charge is 0.268 e. The van der Waals surface area contributed by atoms with Crippen LogP contribution in [0.2, 0.25) is 0 Å². The van der Waals surface area contributed by atoms with Gasteiger partial charge in [0.2, 0.25) is 10.0 Å². The van der Waals surface area contributed by atoms with Gasteiger partial charge in [-0.2, -0.15) is 5.10 Å². The third-order valence-corrected chi connectivity index (χ3v) is 6.53. The van der Waals surface area contributed by atoms with E-state index in [-0.39, 0.29) is 0 Å². The Hall–Kier alpha value is -1.18. The van der Waals surface area contributed by atoms with Crippen molar-refractivity contribution in [2.45, 2.75) is 51.5 Å². The quantitative estimate of drug-likeness (QED) is 0.672. The number of hydrogen-bond donors (Lipinski definition) is 1. The molecule has 0 atom stereocenters. The molecule has 0 radical (unpaired) electrons. The standard InChI is InChI=1S/C17H24BrN3O2S/c1-4-6-15-7-9-16(10-8-15)24(22,23)19-11-5-12-21-14(3)17(18)13(2)20-21/h7-10,19H,4-6,11-12H2,1-3H3. The van der Waals surface area contributed by atoms with Crippen molar-refractivity contribution >= 4 is 26.0 Å². The molecule has 0 amide bonds. The lowest BCUT2D eigenvalue weighted by Gasteiger charge is -2.08. The van der Waals surface area contributed by atoms with Crippen molar-refractivity contribution in [3.05, 3.63) is 45.7 Å². The van der Waals surface area contributed by atoms with Crippen LogP contribution in [-0.2, 0) is 23.0 Å². The lowest BCUT2D eigenvalue weighted by atomic mass is 10.1. The summed E-state index contributed by atoms with van der Waals surface area (Å²) in [6.07, 6.45) is 2.69. The summed E-state index contributed by atoms with van der Waals surface area (Å²) in [5.74, 6) is 0.